The van der Waals surface area contributed by atoms with E-state index in [0.29, 0.717) is 19.5 Å². The molecule has 5 N–H and O–H groups in total. The van der Waals surface area contributed by atoms with Crippen molar-refractivity contribution in [2.75, 3.05) is 13.1 Å². The molecule has 148 valence electrons. The lowest BCUT2D eigenvalue weighted by molar-refractivity contribution is 0.0955. The van der Waals surface area contributed by atoms with Crippen LogP contribution in [-0.4, -0.2) is 24.9 Å². The van der Waals surface area contributed by atoms with Gasteiger partial charge in [0, 0.05) is 12.1 Å². The van der Waals surface area contributed by atoms with Gasteiger partial charge in [-0.15, -0.1) is 0 Å². The number of rotatable bonds is 13. The normalized spacial score (nSPS) is 12.4. The summed E-state index contributed by atoms with van der Waals surface area (Å²) in [6, 6.07) is 11.8. The highest BCUT2D eigenvalue weighted by atomic mass is 16.1. The van der Waals surface area contributed by atoms with Gasteiger partial charge in [-0.05, 0) is 48.7 Å². The van der Waals surface area contributed by atoms with E-state index >= 15 is 0 Å². The molecule has 0 aliphatic heterocycles. The van der Waals surface area contributed by atoms with Crippen molar-refractivity contribution < 1.29 is 4.79 Å². The highest BCUT2D eigenvalue weighted by Crippen LogP contribution is 2.24. The van der Waals surface area contributed by atoms with Crippen LogP contribution in [0.3, 0.4) is 0 Å². The van der Waals surface area contributed by atoms with Gasteiger partial charge in [0.1, 0.15) is 0 Å². The van der Waals surface area contributed by atoms with Crippen molar-refractivity contribution in [3.63, 3.8) is 0 Å². The largest absolute Gasteiger partial charge is 0.330 e. The van der Waals surface area contributed by atoms with Crippen LogP contribution in [0.1, 0.15) is 67.8 Å². The predicted molar refractivity (Wildman–Crippen MR) is 115 cm³/mol. The Morgan fingerprint density at radius 3 is 2.63 bits per heavy atom. The molecule has 2 aromatic carbocycles. The van der Waals surface area contributed by atoms with E-state index in [-0.39, 0.29) is 5.78 Å². The smallest absolute Gasteiger partial charge is 0.179 e. The SMILES string of the molecule is CCCCCCNCc1c(C(=O)[C@@H](N)CCCCN)ccc2ccccc12. The number of carbonyl (C=O) groups excluding carboxylic acids is 1. The monoisotopic (exact) mass is 369 g/mol. The van der Waals surface area contributed by atoms with Gasteiger partial charge in [-0.25, -0.2) is 0 Å². The summed E-state index contributed by atoms with van der Waals surface area (Å²) in [5.74, 6) is 0.0422. The van der Waals surface area contributed by atoms with E-state index in [1.807, 2.05) is 24.3 Å². The zero-order chi connectivity index (χ0) is 19.5. The first-order valence-corrected chi connectivity index (χ1v) is 10.4. The molecule has 0 amide bonds. The second-order valence-corrected chi connectivity index (χ2v) is 7.31. The topological polar surface area (TPSA) is 81.1 Å². The summed E-state index contributed by atoms with van der Waals surface area (Å²) < 4.78 is 0. The number of nitrogens with one attached hydrogen (secondary N) is 1. The molecule has 4 heteroatoms. The third-order valence-electron chi connectivity index (χ3n) is 5.12. The van der Waals surface area contributed by atoms with E-state index in [1.165, 1.54) is 25.7 Å². The Morgan fingerprint density at radius 2 is 1.85 bits per heavy atom. The zero-order valence-electron chi connectivity index (χ0n) is 16.7. The molecule has 2 aromatic rings. The molecule has 0 unspecified atom stereocenters. The summed E-state index contributed by atoms with van der Waals surface area (Å²) in [6.07, 6.45) is 7.41. The van der Waals surface area contributed by atoms with Crippen LogP contribution in [0.4, 0.5) is 0 Å². The Morgan fingerprint density at radius 1 is 1.04 bits per heavy atom. The molecular weight excluding hydrogens is 334 g/mol. The quantitative estimate of drug-likeness (QED) is 0.366. The van der Waals surface area contributed by atoms with Gasteiger partial charge in [-0.2, -0.15) is 0 Å². The second kappa shape index (κ2) is 11.9. The van der Waals surface area contributed by atoms with Crippen LogP contribution >= 0.6 is 0 Å². The van der Waals surface area contributed by atoms with E-state index in [2.05, 4.69) is 24.4 Å². The van der Waals surface area contributed by atoms with Crippen LogP contribution in [0.25, 0.3) is 10.8 Å². The van der Waals surface area contributed by atoms with Crippen LogP contribution in [0.15, 0.2) is 36.4 Å². The van der Waals surface area contributed by atoms with E-state index in [4.69, 9.17) is 11.5 Å². The van der Waals surface area contributed by atoms with Gasteiger partial charge in [0.15, 0.2) is 5.78 Å². The molecule has 0 radical (unpaired) electrons. The number of Topliss-reactive ketones (excluding diaryl/α,β-unsaturated/α-hetero) is 1. The number of carbonyl (C=O) groups is 1. The molecule has 0 aromatic heterocycles. The Bertz CT molecular complexity index is 714. The number of hydrogen-bond donors (Lipinski definition) is 3. The average molecular weight is 370 g/mol. The van der Waals surface area contributed by atoms with Gasteiger partial charge in [-0.1, -0.05) is 69.0 Å². The maximum absolute atomic E-state index is 13.0. The van der Waals surface area contributed by atoms with E-state index in [0.717, 1.165) is 41.3 Å². The minimum Gasteiger partial charge on any atom is -0.330 e. The minimum absolute atomic E-state index is 0.0422. The molecule has 0 bridgehead atoms. The van der Waals surface area contributed by atoms with Crippen molar-refractivity contribution >= 4 is 16.6 Å². The van der Waals surface area contributed by atoms with Gasteiger partial charge < -0.3 is 16.8 Å². The van der Waals surface area contributed by atoms with Gasteiger partial charge >= 0.3 is 0 Å². The number of benzene rings is 2. The summed E-state index contributed by atoms with van der Waals surface area (Å²) in [7, 11) is 0. The first-order chi connectivity index (χ1) is 13.2. The number of unbranched alkanes of at least 4 members (excludes halogenated alkanes) is 4. The first kappa shape index (κ1) is 21.5. The molecule has 27 heavy (non-hydrogen) atoms. The molecule has 0 fully saturated rings. The molecule has 0 saturated heterocycles. The van der Waals surface area contributed by atoms with Gasteiger partial charge in [0.05, 0.1) is 6.04 Å². The van der Waals surface area contributed by atoms with Crippen LogP contribution < -0.4 is 16.8 Å². The predicted octanol–water partition coefficient (Wildman–Crippen LogP) is 4.15. The second-order valence-electron chi connectivity index (χ2n) is 7.31. The lowest BCUT2D eigenvalue weighted by Gasteiger charge is -2.17. The first-order valence-electron chi connectivity index (χ1n) is 10.4. The van der Waals surface area contributed by atoms with E-state index in [9.17, 15) is 4.79 Å². The Balaban J connectivity index is 2.15. The molecule has 0 spiro atoms. The lowest BCUT2D eigenvalue weighted by Crippen LogP contribution is -2.32. The fourth-order valence-electron chi connectivity index (χ4n) is 3.49. The van der Waals surface area contributed by atoms with Crippen molar-refractivity contribution in [2.45, 2.75) is 64.5 Å². The average Bonchev–Trinajstić information content (AvgIpc) is 2.70. The minimum atomic E-state index is -0.457. The van der Waals surface area contributed by atoms with Crippen LogP contribution in [0.5, 0.6) is 0 Å². The van der Waals surface area contributed by atoms with Crippen molar-refractivity contribution in [2.24, 2.45) is 11.5 Å². The summed E-state index contributed by atoms with van der Waals surface area (Å²) in [5, 5.41) is 5.83. The molecule has 0 aliphatic rings. The molecule has 1 atom stereocenters. The zero-order valence-corrected chi connectivity index (χ0v) is 16.7. The molecule has 0 saturated carbocycles. The molecule has 0 heterocycles. The maximum atomic E-state index is 13.0. The van der Waals surface area contributed by atoms with Crippen LogP contribution in [0, 0.1) is 0 Å². The number of nitrogens with two attached hydrogens (primary N) is 2. The third-order valence-corrected chi connectivity index (χ3v) is 5.12. The molecule has 2 rings (SSSR count). The van der Waals surface area contributed by atoms with Crippen molar-refractivity contribution in [3.05, 3.63) is 47.5 Å². The fourth-order valence-corrected chi connectivity index (χ4v) is 3.49. The number of hydrogen-bond acceptors (Lipinski definition) is 4. The van der Waals surface area contributed by atoms with Crippen LogP contribution in [0.2, 0.25) is 0 Å². The van der Waals surface area contributed by atoms with E-state index in [1.54, 1.807) is 0 Å². The number of fused-ring (bicyclic) bond motifs is 1. The summed E-state index contributed by atoms with van der Waals surface area (Å²) in [4.78, 5) is 13.0. The molecule has 4 nitrogen and oxygen atoms in total. The number of ketones is 1. The summed E-state index contributed by atoms with van der Waals surface area (Å²) >= 11 is 0. The van der Waals surface area contributed by atoms with E-state index < -0.39 is 6.04 Å². The Kier molecular flexibility index (Phi) is 9.46. The lowest BCUT2D eigenvalue weighted by atomic mass is 9.92. The molecule has 0 aliphatic carbocycles. The Labute approximate surface area is 163 Å². The third kappa shape index (κ3) is 6.42. The van der Waals surface area contributed by atoms with Crippen LogP contribution in [-0.2, 0) is 6.54 Å². The van der Waals surface area contributed by atoms with Crippen molar-refractivity contribution in [3.8, 4) is 0 Å². The fraction of sp³-hybridized carbons (Fsp3) is 0.522. The standard InChI is InChI=1S/C23H35N3O/c1-2-3-4-9-16-26-17-21-19-11-6-5-10-18(19)13-14-20(21)23(27)22(25)12-7-8-15-24/h5-6,10-11,13-14,22,26H,2-4,7-9,12,15-17,24-25H2,1H3/t22-/m0/s1. The van der Waals surface area contributed by atoms with Crippen molar-refractivity contribution in [1.82, 2.24) is 5.32 Å². The van der Waals surface area contributed by atoms with Gasteiger partial charge in [0.2, 0.25) is 0 Å². The molecular formula is C23H35N3O. The van der Waals surface area contributed by atoms with Gasteiger partial charge in [0.25, 0.3) is 0 Å². The highest BCUT2D eigenvalue weighted by Gasteiger charge is 2.20. The van der Waals surface area contributed by atoms with Crippen molar-refractivity contribution in [1.29, 1.82) is 0 Å². The maximum Gasteiger partial charge on any atom is 0.179 e. The van der Waals surface area contributed by atoms with Gasteiger partial charge in [-0.3, -0.25) is 4.79 Å². The highest BCUT2D eigenvalue weighted by molar-refractivity contribution is 6.05. The summed E-state index contributed by atoms with van der Waals surface area (Å²) in [5.41, 5.74) is 13.6. The summed E-state index contributed by atoms with van der Waals surface area (Å²) in [6.45, 7) is 4.53. The Hall–Kier alpha value is -1.75.